The molecule has 0 aromatic heterocycles. The lowest BCUT2D eigenvalue weighted by Gasteiger charge is -2.14. The summed E-state index contributed by atoms with van der Waals surface area (Å²) in [5.41, 5.74) is 1.08. The Morgan fingerprint density at radius 3 is 2.81 bits per heavy atom. The number of hydrogen-bond donors (Lipinski definition) is 1. The Morgan fingerprint density at radius 1 is 1.38 bits per heavy atom. The first-order valence-corrected chi connectivity index (χ1v) is 6.09. The Morgan fingerprint density at radius 2 is 2.19 bits per heavy atom. The van der Waals surface area contributed by atoms with E-state index in [1.165, 1.54) is 0 Å². The van der Waals surface area contributed by atoms with Gasteiger partial charge in [0.15, 0.2) is 0 Å². The highest BCUT2D eigenvalue weighted by Crippen LogP contribution is 2.22. The van der Waals surface area contributed by atoms with E-state index in [2.05, 4.69) is 6.92 Å². The first-order valence-electron chi connectivity index (χ1n) is 5.72. The molecule has 1 N–H and O–H groups in total. The molecule has 0 fully saturated rings. The maximum atomic E-state index is 9.33. The van der Waals surface area contributed by atoms with E-state index in [1.54, 1.807) is 0 Å². The van der Waals surface area contributed by atoms with Crippen LogP contribution in [0.4, 0.5) is 0 Å². The third-order valence-corrected chi connectivity index (χ3v) is 2.73. The van der Waals surface area contributed by atoms with E-state index in [0.29, 0.717) is 11.6 Å². The Balaban J connectivity index is 2.47. The van der Waals surface area contributed by atoms with Crippen molar-refractivity contribution in [1.29, 1.82) is 0 Å². The third-order valence-electron chi connectivity index (χ3n) is 2.50. The van der Waals surface area contributed by atoms with Gasteiger partial charge in [0.25, 0.3) is 0 Å². The second kappa shape index (κ2) is 7.66. The van der Waals surface area contributed by atoms with E-state index in [1.807, 2.05) is 24.3 Å². The lowest BCUT2D eigenvalue weighted by molar-refractivity contribution is 0.119. The van der Waals surface area contributed by atoms with Crippen molar-refractivity contribution in [1.82, 2.24) is 0 Å². The molecule has 1 aromatic carbocycles. The van der Waals surface area contributed by atoms with Gasteiger partial charge in [-0.15, -0.1) is 0 Å². The predicted molar refractivity (Wildman–Crippen MR) is 67.0 cm³/mol. The van der Waals surface area contributed by atoms with E-state index >= 15 is 0 Å². The summed E-state index contributed by atoms with van der Waals surface area (Å²) in [6, 6.07) is 7.65. The lowest BCUT2D eigenvalue weighted by Crippen LogP contribution is -2.08. The second-order valence-corrected chi connectivity index (χ2v) is 4.27. The molecule has 0 aliphatic rings. The minimum absolute atomic E-state index is 0.121. The van der Waals surface area contributed by atoms with Crippen molar-refractivity contribution < 1.29 is 9.84 Å². The molecule has 0 aliphatic carbocycles. The highest BCUT2D eigenvalue weighted by molar-refractivity contribution is 6.30. The first-order chi connectivity index (χ1) is 7.77. The number of aliphatic hydroxyl groups excluding tert-OH is 1. The molecule has 1 unspecified atom stereocenters. The van der Waals surface area contributed by atoms with Crippen LogP contribution in [-0.4, -0.2) is 24.9 Å². The quantitative estimate of drug-likeness (QED) is 0.744. The monoisotopic (exact) mass is 242 g/mol. The number of aliphatic hydroxyl groups is 1. The zero-order chi connectivity index (χ0) is 11.8. The fourth-order valence-corrected chi connectivity index (χ4v) is 1.79. The van der Waals surface area contributed by atoms with Crippen molar-refractivity contribution in [3.8, 4) is 0 Å². The summed E-state index contributed by atoms with van der Waals surface area (Å²) < 4.78 is 5.42. The zero-order valence-electron chi connectivity index (χ0n) is 9.66. The fourth-order valence-electron chi connectivity index (χ4n) is 1.60. The van der Waals surface area contributed by atoms with Gasteiger partial charge < -0.3 is 9.84 Å². The normalized spacial score (nSPS) is 12.7. The summed E-state index contributed by atoms with van der Waals surface area (Å²) in [5, 5.41) is 10.0. The van der Waals surface area contributed by atoms with Gasteiger partial charge in [0.2, 0.25) is 0 Å². The van der Waals surface area contributed by atoms with E-state index < -0.39 is 0 Å². The molecular weight excluding hydrogens is 224 g/mol. The largest absolute Gasteiger partial charge is 0.396 e. The predicted octanol–water partition coefficient (Wildman–Crippen LogP) is 3.23. The molecular formula is C13H19ClO2. The van der Waals surface area contributed by atoms with Crippen LogP contribution in [0.1, 0.15) is 31.2 Å². The summed E-state index contributed by atoms with van der Waals surface area (Å²) in [4.78, 5) is 0. The molecule has 2 nitrogen and oxygen atoms in total. The van der Waals surface area contributed by atoms with Gasteiger partial charge in [0.05, 0.1) is 6.61 Å². The summed E-state index contributed by atoms with van der Waals surface area (Å²) in [5.74, 6) is 0.121. The van der Waals surface area contributed by atoms with Crippen LogP contribution in [0, 0.1) is 0 Å². The van der Waals surface area contributed by atoms with Gasteiger partial charge in [0, 0.05) is 24.2 Å². The Bertz CT molecular complexity index is 302. The van der Waals surface area contributed by atoms with Crippen LogP contribution in [0.2, 0.25) is 5.02 Å². The molecule has 0 radical (unpaired) electrons. The average molecular weight is 243 g/mol. The van der Waals surface area contributed by atoms with E-state index in [0.717, 1.165) is 25.0 Å². The molecule has 1 aromatic rings. The summed E-state index contributed by atoms with van der Waals surface area (Å²) in [6.07, 6.45) is 1.86. The molecule has 1 rings (SSSR count). The number of rotatable bonds is 7. The van der Waals surface area contributed by atoms with Crippen molar-refractivity contribution in [2.45, 2.75) is 25.7 Å². The summed E-state index contributed by atoms with van der Waals surface area (Å²) in [6.45, 7) is 3.69. The summed E-state index contributed by atoms with van der Waals surface area (Å²) in [7, 11) is 0. The number of benzene rings is 1. The van der Waals surface area contributed by atoms with Crippen LogP contribution in [0.15, 0.2) is 24.3 Å². The molecule has 3 heteroatoms. The third kappa shape index (κ3) is 4.52. The van der Waals surface area contributed by atoms with Crippen LogP contribution in [-0.2, 0) is 4.74 Å². The minimum Gasteiger partial charge on any atom is -0.396 e. The fraction of sp³-hybridized carbons (Fsp3) is 0.538. The second-order valence-electron chi connectivity index (χ2n) is 3.84. The molecule has 0 heterocycles. The maximum absolute atomic E-state index is 9.33. The molecule has 0 spiro atoms. The SMILES string of the molecule is CCCOCCC(CO)c1cccc(Cl)c1. The van der Waals surface area contributed by atoms with E-state index in [-0.39, 0.29) is 12.5 Å². The molecule has 0 aliphatic heterocycles. The molecule has 1 atom stereocenters. The van der Waals surface area contributed by atoms with Gasteiger partial charge in [-0.3, -0.25) is 0 Å². The molecule has 90 valence electrons. The zero-order valence-corrected chi connectivity index (χ0v) is 10.4. The topological polar surface area (TPSA) is 29.5 Å². The molecule has 16 heavy (non-hydrogen) atoms. The highest BCUT2D eigenvalue weighted by Gasteiger charge is 2.10. The van der Waals surface area contributed by atoms with Crippen molar-refractivity contribution in [3.05, 3.63) is 34.9 Å². The van der Waals surface area contributed by atoms with Gasteiger partial charge in [-0.25, -0.2) is 0 Å². The average Bonchev–Trinajstić information content (AvgIpc) is 2.29. The van der Waals surface area contributed by atoms with Crippen LogP contribution in [0.5, 0.6) is 0 Å². The Kier molecular flexibility index (Phi) is 6.46. The first kappa shape index (κ1) is 13.5. The Hall–Kier alpha value is -0.570. The number of hydrogen-bond acceptors (Lipinski definition) is 2. The van der Waals surface area contributed by atoms with Crippen molar-refractivity contribution in [2.24, 2.45) is 0 Å². The molecule has 0 saturated carbocycles. The van der Waals surface area contributed by atoms with E-state index in [4.69, 9.17) is 16.3 Å². The van der Waals surface area contributed by atoms with Crippen LogP contribution >= 0.6 is 11.6 Å². The van der Waals surface area contributed by atoms with Gasteiger partial charge in [-0.2, -0.15) is 0 Å². The van der Waals surface area contributed by atoms with Gasteiger partial charge in [0.1, 0.15) is 0 Å². The van der Waals surface area contributed by atoms with Crippen molar-refractivity contribution in [2.75, 3.05) is 19.8 Å². The van der Waals surface area contributed by atoms with Gasteiger partial charge in [-0.1, -0.05) is 30.7 Å². The van der Waals surface area contributed by atoms with Crippen molar-refractivity contribution >= 4 is 11.6 Å². The standard InChI is InChI=1S/C13H19ClO2/c1-2-7-16-8-6-12(10-15)11-4-3-5-13(14)9-11/h3-5,9,12,15H,2,6-8,10H2,1H3. The number of halogens is 1. The maximum Gasteiger partial charge on any atom is 0.0500 e. The number of ether oxygens (including phenoxy) is 1. The van der Waals surface area contributed by atoms with Crippen LogP contribution in [0.3, 0.4) is 0 Å². The lowest BCUT2D eigenvalue weighted by atomic mass is 9.97. The van der Waals surface area contributed by atoms with E-state index in [9.17, 15) is 5.11 Å². The summed E-state index contributed by atoms with van der Waals surface area (Å²) >= 11 is 5.92. The highest BCUT2D eigenvalue weighted by atomic mass is 35.5. The van der Waals surface area contributed by atoms with Crippen LogP contribution in [0.25, 0.3) is 0 Å². The molecule has 0 amide bonds. The Labute approximate surface area is 102 Å². The van der Waals surface area contributed by atoms with Gasteiger partial charge in [-0.05, 0) is 30.5 Å². The smallest absolute Gasteiger partial charge is 0.0500 e. The van der Waals surface area contributed by atoms with Gasteiger partial charge >= 0.3 is 0 Å². The minimum atomic E-state index is 0.121. The van der Waals surface area contributed by atoms with Crippen LogP contribution < -0.4 is 0 Å². The molecule has 0 saturated heterocycles. The molecule has 0 bridgehead atoms. The van der Waals surface area contributed by atoms with Crippen molar-refractivity contribution in [3.63, 3.8) is 0 Å².